The Morgan fingerprint density at radius 3 is 2.16 bits per heavy atom. The molecule has 1 aliphatic rings. The summed E-state index contributed by atoms with van der Waals surface area (Å²) < 4.78 is 10.1. The summed E-state index contributed by atoms with van der Waals surface area (Å²) in [5, 5.41) is 8.81. The molecule has 1 rings (SSSR count). The van der Waals surface area contributed by atoms with E-state index in [1.54, 1.807) is 6.92 Å². The second-order valence-electron chi connectivity index (χ2n) is 6.75. The Balaban J connectivity index is 2.09. The molecule has 0 saturated carbocycles. The standard InChI is InChI=1S/C19H30O6/c1-14(19(22)23)10-8-6-4-3-5-7-9-11-17(25-15(2)20)16-12-18(21)24-13-16/h13-14,17H,3-12H2,1-2H3,(H,22,23). The number of carbonyl (C=O) groups excluding carboxylic acids is 2. The summed E-state index contributed by atoms with van der Waals surface area (Å²) >= 11 is 0. The third-order valence-electron chi connectivity index (χ3n) is 4.44. The van der Waals surface area contributed by atoms with Gasteiger partial charge in [-0.2, -0.15) is 0 Å². The van der Waals surface area contributed by atoms with Gasteiger partial charge in [0.05, 0.1) is 18.6 Å². The topological polar surface area (TPSA) is 89.9 Å². The molecule has 0 radical (unpaired) electrons. The first kappa shape index (κ1) is 21.2. The molecule has 0 aromatic rings. The van der Waals surface area contributed by atoms with E-state index in [2.05, 4.69) is 0 Å². The molecule has 1 N–H and O–H groups in total. The number of aliphatic carboxylic acids is 1. The minimum Gasteiger partial charge on any atom is -0.481 e. The van der Waals surface area contributed by atoms with Crippen LogP contribution in [0.25, 0.3) is 0 Å². The summed E-state index contributed by atoms with van der Waals surface area (Å²) in [5.41, 5.74) is 0.743. The fourth-order valence-electron chi connectivity index (χ4n) is 2.89. The van der Waals surface area contributed by atoms with Gasteiger partial charge in [0.1, 0.15) is 6.10 Å². The molecule has 1 heterocycles. The van der Waals surface area contributed by atoms with Crippen LogP contribution >= 0.6 is 0 Å². The second-order valence-corrected chi connectivity index (χ2v) is 6.75. The van der Waals surface area contributed by atoms with Crippen LogP contribution in [0.15, 0.2) is 11.8 Å². The average Bonchev–Trinajstić information content (AvgIpc) is 2.97. The fraction of sp³-hybridized carbons (Fsp3) is 0.737. The van der Waals surface area contributed by atoms with Crippen LogP contribution in [0.2, 0.25) is 0 Å². The van der Waals surface area contributed by atoms with Crippen molar-refractivity contribution in [2.24, 2.45) is 5.92 Å². The van der Waals surface area contributed by atoms with E-state index < -0.39 is 5.97 Å². The van der Waals surface area contributed by atoms with Crippen LogP contribution in [0.1, 0.15) is 78.1 Å². The Labute approximate surface area is 149 Å². The molecule has 0 aliphatic carbocycles. The van der Waals surface area contributed by atoms with Crippen molar-refractivity contribution in [2.45, 2.75) is 84.2 Å². The highest BCUT2D eigenvalue weighted by atomic mass is 16.6. The number of carboxylic acid groups (broad SMARTS) is 1. The van der Waals surface area contributed by atoms with Crippen LogP contribution in [0.5, 0.6) is 0 Å². The molecule has 6 nitrogen and oxygen atoms in total. The Morgan fingerprint density at radius 1 is 1.12 bits per heavy atom. The van der Waals surface area contributed by atoms with Gasteiger partial charge >= 0.3 is 17.9 Å². The van der Waals surface area contributed by atoms with Crippen LogP contribution in [0.4, 0.5) is 0 Å². The van der Waals surface area contributed by atoms with Gasteiger partial charge in [0.2, 0.25) is 0 Å². The Bertz CT molecular complexity index is 482. The molecule has 2 atom stereocenters. The normalized spacial score (nSPS) is 16.1. The van der Waals surface area contributed by atoms with Gasteiger partial charge in [-0.15, -0.1) is 0 Å². The van der Waals surface area contributed by atoms with Crippen molar-refractivity contribution in [3.05, 3.63) is 11.8 Å². The van der Waals surface area contributed by atoms with E-state index in [4.69, 9.17) is 14.6 Å². The van der Waals surface area contributed by atoms with E-state index in [1.807, 2.05) is 0 Å². The maximum absolute atomic E-state index is 11.2. The predicted octanol–water partition coefficient (Wildman–Crippen LogP) is 3.98. The lowest BCUT2D eigenvalue weighted by Gasteiger charge is -2.16. The number of esters is 2. The van der Waals surface area contributed by atoms with E-state index in [1.165, 1.54) is 13.2 Å². The molecule has 0 amide bonds. The summed E-state index contributed by atoms with van der Waals surface area (Å²) in [6.07, 6.45) is 10.1. The van der Waals surface area contributed by atoms with Crippen LogP contribution in [0, 0.1) is 5.92 Å². The Kier molecular flexibility index (Phi) is 9.88. The monoisotopic (exact) mass is 354 g/mol. The number of hydrogen-bond donors (Lipinski definition) is 1. The molecule has 0 spiro atoms. The largest absolute Gasteiger partial charge is 0.481 e. The molecule has 142 valence electrons. The van der Waals surface area contributed by atoms with Crippen molar-refractivity contribution in [3.63, 3.8) is 0 Å². The number of carboxylic acids is 1. The summed E-state index contributed by atoms with van der Waals surface area (Å²) in [6, 6.07) is 0. The van der Waals surface area contributed by atoms with Crippen LogP contribution in [0.3, 0.4) is 0 Å². The van der Waals surface area contributed by atoms with Crippen molar-refractivity contribution in [3.8, 4) is 0 Å². The molecule has 6 heteroatoms. The average molecular weight is 354 g/mol. The number of ether oxygens (including phenoxy) is 2. The number of cyclic esters (lactones) is 1. The fourth-order valence-corrected chi connectivity index (χ4v) is 2.89. The molecule has 25 heavy (non-hydrogen) atoms. The highest BCUT2D eigenvalue weighted by Gasteiger charge is 2.25. The number of hydrogen-bond acceptors (Lipinski definition) is 5. The van der Waals surface area contributed by atoms with Gasteiger partial charge < -0.3 is 14.6 Å². The first-order chi connectivity index (χ1) is 11.9. The van der Waals surface area contributed by atoms with Gasteiger partial charge in [-0.3, -0.25) is 14.4 Å². The van der Waals surface area contributed by atoms with Gasteiger partial charge in [0, 0.05) is 12.5 Å². The first-order valence-electron chi connectivity index (χ1n) is 9.18. The van der Waals surface area contributed by atoms with Crippen LogP contribution < -0.4 is 0 Å². The molecule has 2 unspecified atom stereocenters. The van der Waals surface area contributed by atoms with Crippen molar-refractivity contribution in [1.29, 1.82) is 0 Å². The van der Waals surface area contributed by atoms with Crippen LogP contribution in [-0.4, -0.2) is 29.1 Å². The van der Waals surface area contributed by atoms with Gasteiger partial charge in [-0.05, 0) is 19.3 Å². The van der Waals surface area contributed by atoms with E-state index in [-0.39, 0.29) is 30.4 Å². The summed E-state index contributed by atoms with van der Waals surface area (Å²) in [5.74, 6) is -1.61. The highest BCUT2D eigenvalue weighted by molar-refractivity contribution is 5.76. The molecule has 0 aromatic heterocycles. The first-order valence-corrected chi connectivity index (χ1v) is 9.18. The third-order valence-corrected chi connectivity index (χ3v) is 4.44. The number of carbonyl (C=O) groups is 3. The van der Waals surface area contributed by atoms with Crippen molar-refractivity contribution < 1.29 is 29.0 Å². The lowest BCUT2D eigenvalue weighted by molar-refractivity contribution is -0.145. The zero-order valence-corrected chi connectivity index (χ0v) is 15.3. The lowest BCUT2D eigenvalue weighted by atomic mass is 10.00. The maximum Gasteiger partial charge on any atom is 0.314 e. The molecule has 0 saturated heterocycles. The quantitative estimate of drug-likeness (QED) is 0.397. The Morgan fingerprint density at radius 2 is 1.68 bits per heavy atom. The molecule has 1 aliphatic heterocycles. The third kappa shape index (κ3) is 9.27. The van der Waals surface area contributed by atoms with Gasteiger partial charge in [0.15, 0.2) is 0 Å². The van der Waals surface area contributed by atoms with Crippen LogP contribution in [-0.2, 0) is 23.9 Å². The SMILES string of the molecule is CC(=O)OC(CCCCCCCCCC(C)C(=O)O)C1=COC(=O)C1. The van der Waals surface area contributed by atoms with E-state index in [9.17, 15) is 14.4 Å². The van der Waals surface area contributed by atoms with Crippen molar-refractivity contribution in [2.75, 3.05) is 0 Å². The predicted molar refractivity (Wildman–Crippen MR) is 92.7 cm³/mol. The van der Waals surface area contributed by atoms with Crippen molar-refractivity contribution in [1.82, 2.24) is 0 Å². The molecular formula is C19H30O6. The highest BCUT2D eigenvalue weighted by Crippen LogP contribution is 2.23. The lowest BCUT2D eigenvalue weighted by Crippen LogP contribution is -2.18. The minimum absolute atomic E-state index is 0.201. The number of unbranched alkanes of at least 4 members (excludes halogenated alkanes) is 6. The maximum atomic E-state index is 11.2. The van der Waals surface area contributed by atoms with E-state index in [0.717, 1.165) is 56.9 Å². The van der Waals surface area contributed by atoms with Gasteiger partial charge in [-0.25, -0.2) is 0 Å². The zero-order chi connectivity index (χ0) is 18.7. The minimum atomic E-state index is -0.716. The second kappa shape index (κ2) is 11.7. The molecule has 0 bridgehead atoms. The van der Waals surface area contributed by atoms with E-state index in [0.29, 0.717) is 6.42 Å². The summed E-state index contributed by atoms with van der Waals surface area (Å²) in [6.45, 7) is 3.12. The summed E-state index contributed by atoms with van der Waals surface area (Å²) in [4.78, 5) is 33.1. The van der Waals surface area contributed by atoms with Gasteiger partial charge in [0.25, 0.3) is 0 Å². The Hall–Kier alpha value is -1.85. The van der Waals surface area contributed by atoms with Gasteiger partial charge in [-0.1, -0.05) is 45.4 Å². The summed E-state index contributed by atoms with van der Waals surface area (Å²) in [7, 11) is 0. The molecule has 0 fully saturated rings. The smallest absolute Gasteiger partial charge is 0.314 e. The number of rotatable bonds is 13. The molecule has 0 aromatic carbocycles. The molecular weight excluding hydrogens is 324 g/mol. The van der Waals surface area contributed by atoms with Crippen molar-refractivity contribution >= 4 is 17.9 Å². The van der Waals surface area contributed by atoms with E-state index >= 15 is 0 Å². The zero-order valence-electron chi connectivity index (χ0n) is 15.3.